The van der Waals surface area contributed by atoms with Crippen molar-refractivity contribution in [3.63, 3.8) is 0 Å². The summed E-state index contributed by atoms with van der Waals surface area (Å²) < 4.78 is 17.6. The summed E-state index contributed by atoms with van der Waals surface area (Å²) in [5, 5.41) is 7.12. The van der Waals surface area contributed by atoms with E-state index < -0.39 is 0 Å². The number of ether oxygens (including phenoxy) is 3. The van der Waals surface area contributed by atoms with Crippen LogP contribution in [0.4, 0.5) is 0 Å². The zero-order chi connectivity index (χ0) is 19.2. The molecule has 2 aromatic carbocycles. The molecule has 0 spiro atoms. The molecule has 1 N–H and O–H groups in total. The molecular formula is C20H21N3O4. The molecule has 7 nitrogen and oxygen atoms in total. The van der Waals surface area contributed by atoms with E-state index in [4.69, 9.17) is 14.2 Å². The highest BCUT2D eigenvalue weighted by atomic mass is 16.5. The predicted octanol–water partition coefficient (Wildman–Crippen LogP) is 2.83. The first-order valence-corrected chi connectivity index (χ1v) is 8.33. The third-order valence-corrected chi connectivity index (χ3v) is 4.04. The number of nitrogens with one attached hydrogen (secondary N) is 1. The summed E-state index contributed by atoms with van der Waals surface area (Å²) in [6.45, 7) is 0.312. The Balaban J connectivity index is 1.72. The highest BCUT2D eigenvalue weighted by molar-refractivity contribution is 5.93. The van der Waals surface area contributed by atoms with Gasteiger partial charge < -0.3 is 19.5 Å². The number of hydrogen-bond acceptors (Lipinski definition) is 5. The predicted molar refractivity (Wildman–Crippen MR) is 101 cm³/mol. The molecule has 1 amide bonds. The molecule has 3 aromatic rings. The van der Waals surface area contributed by atoms with E-state index in [2.05, 4.69) is 10.4 Å². The lowest BCUT2D eigenvalue weighted by Gasteiger charge is -2.14. The average molecular weight is 367 g/mol. The Morgan fingerprint density at radius 2 is 1.70 bits per heavy atom. The van der Waals surface area contributed by atoms with Crippen LogP contribution >= 0.6 is 0 Å². The van der Waals surface area contributed by atoms with Crippen molar-refractivity contribution in [2.75, 3.05) is 21.3 Å². The molecule has 0 bridgehead atoms. The third-order valence-electron chi connectivity index (χ3n) is 4.04. The van der Waals surface area contributed by atoms with Crippen LogP contribution in [0.5, 0.6) is 17.2 Å². The standard InChI is InChI=1S/C20H21N3O4/c1-25-17-9-14(10-18(26-2)19(17)27-3)11-21-20(24)15-12-22-23(13-15)16-7-5-4-6-8-16/h4-10,12-13H,11H2,1-3H3,(H,21,24). The summed E-state index contributed by atoms with van der Waals surface area (Å²) in [6, 6.07) is 13.2. The molecule has 0 radical (unpaired) electrons. The van der Waals surface area contributed by atoms with Gasteiger partial charge in [0.2, 0.25) is 5.75 Å². The molecule has 27 heavy (non-hydrogen) atoms. The Bertz CT molecular complexity index is 897. The van der Waals surface area contributed by atoms with Gasteiger partial charge in [-0.05, 0) is 29.8 Å². The molecular weight excluding hydrogens is 346 g/mol. The molecule has 140 valence electrons. The minimum absolute atomic E-state index is 0.217. The number of benzene rings is 2. The molecule has 0 aliphatic heterocycles. The number of hydrogen-bond donors (Lipinski definition) is 1. The van der Waals surface area contributed by atoms with Crippen LogP contribution in [0.25, 0.3) is 5.69 Å². The Kier molecular flexibility index (Phi) is 5.61. The fraction of sp³-hybridized carbons (Fsp3) is 0.200. The Morgan fingerprint density at radius 3 is 2.30 bits per heavy atom. The van der Waals surface area contributed by atoms with Crippen molar-refractivity contribution >= 4 is 5.91 Å². The van der Waals surface area contributed by atoms with Crippen molar-refractivity contribution in [3.05, 3.63) is 66.0 Å². The van der Waals surface area contributed by atoms with Gasteiger partial charge in [-0.25, -0.2) is 4.68 Å². The van der Waals surface area contributed by atoms with E-state index >= 15 is 0 Å². The van der Waals surface area contributed by atoms with Gasteiger partial charge in [0.1, 0.15) is 0 Å². The molecule has 0 aliphatic rings. The second-order valence-corrected chi connectivity index (χ2v) is 5.73. The average Bonchev–Trinajstić information content (AvgIpc) is 3.22. The molecule has 0 atom stereocenters. The van der Waals surface area contributed by atoms with Gasteiger partial charge in [0.25, 0.3) is 5.91 Å². The molecule has 1 heterocycles. The second-order valence-electron chi connectivity index (χ2n) is 5.73. The van der Waals surface area contributed by atoms with E-state index in [9.17, 15) is 4.79 Å². The smallest absolute Gasteiger partial charge is 0.254 e. The van der Waals surface area contributed by atoms with Crippen molar-refractivity contribution in [3.8, 4) is 22.9 Å². The first-order valence-electron chi connectivity index (χ1n) is 8.33. The molecule has 0 aliphatic carbocycles. The number of aromatic nitrogens is 2. The van der Waals surface area contributed by atoms with Crippen molar-refractivity contribution in [2.24, 2.45) is 0 Å². The van der Waals surface area contributed by atoms with Crippen LogP contribution in [-0.2, 0) is 6.54 Å². The lowest BCUT2D eigenvalue weighted by atomic mass is 10.1. The van der Waals surface area contributed by atoms with Gasteiger partial charge in [-0.15, -0.1) is 0 Å². The Labute approximate surface area is 157 Å². The van der Waals surface area contributed by atoms with Gasteiger partial charge in [-0.3, -0.25) is 4.79 Å². The van der Waals surface area contributed by atoms with Crippen LogP contribution in [0.3, 0.4) is 0 Å². The summed E-state index contributed by atoms with van der Waals surface area (Å²) in [6.07, 6.45) is 3.23. The molecule has 3 rings (SSSR count). The van der Waals surface area contributed by atoms with E-state index in [1.54, 1.807) is 44.3 Å². The van der Waals surface area contributed by atoms with Gasteiger partial charge >= 0.3 is 0 Å². The lowest BCUT2D eigenvalue weighted by Crippen LogP contribution is -2.22. The van der Waals surface area contributed by atoms with Crippen LogP contribution < -0.4 is 19.5 Å². The molecule has 1 aromatic heterocycles. The Morgan fingerprint density at radius 1 is 1.04 bits per heavy atom. The summed E-state index contributed by atoms with van der Waals surface area (Å²) >= 11 is 0. The van der Waals surface area contributed by atoms with Crippen LogP contribution in [0.2, 0.25) is 0 Å². The number of methoxy groups -OCH3 is 3. The SMILES string of the molecule is COc1cc(CNC(=O)c2cnn(-c3ccccc3)c2)cc(OC)c1OC. The fourth-order valence-electron chi connectivity index (χ4n) is 2.68. The summed E-state index contributed by atoms with van der Waals surface area (Å²) in [5.41, 5.74) is 2.20. The van der Waals surface area contributed by atoms with Crippen LogP contribution in [-0.4, -0.2) is 37.0 Å². The molecule has 0 saturated carbocycles. The highest BCUT2D eigenvalue weighted by Gasteiger charge is 2.14. The van der Waals surface area contributed by atoms with E-state index in [0.717, 1.165) is 11.3 Å². The van der Waals surface area contributed by atoms with Crippen molar-refractivity contribution in [1.29, 1.82) is 0 Å². The van der Waals surface area contributed by atoms with E-state index in [1.165, 1.54) is 6.20 Å². The topological polar surface area (TPSA) is 74.6 Å². The van der Waals surface area contributed by atoms with Gasteiger partial charge in [-0.1, -0.05) is 18.2 Å². The first kappa shape index (κ1) is 18.3. The van der Waals surface area contributed by atoms with Crippen molar-refractivity contribution in [2.45, 2.75) is 6.54 Å². The van der Waals surface area contributed by atoms with Crippen LogP contribution in [0, 0.1) is 0 Å². The number of para-hydroxylation sites is 1. The summed E-state index contributed by atoms with van der Waals surface area (Å²) in [5.74, 6) is 1.38. The minimum atomic E-state index is -0.217. The highest BCUT2D eigenvalue weighted by Crippen LogP contribution is 2.38. The van der Waals surface area contributed by atoms with Gasteiger partial charge in [0.15, 0.2) is 11.5 Å². The maximum absolute atomic E-state index is 12.4. The van der Waals surface area contributed by atoms with E-state index in [-0.39, 0.29) is 5.91 Å². The molecule has 0 fully saturated rings. The van der Waals surface area contributed by atoms with Crippen LogP contribution in [0.1, 0.15) is 15.9 Å². The number of nitrogens with zero attached hydrogens (tertiary/aromatic N) is 2. The zero-order valence-corrected chi connectivity index (χ0v) is 15.4. The monoisotopic (exact) mass is 367 g/mol. The third kappa shape index (κ3) is 4.03. The van der Waals surface area contributed by atoms with E-state index in [1.807, 2.05) is 30.3 Å². The molecule has 7 heteroatoms. The van der Waals surface area contributed by atoms with Gasteiger partial charge in [-0.2, -0.15) is 5.10 Å². The summed E-state index contributed by atoms with van der Waals surface area (Å²) in [7, 11) is 4.65. The van der Waals surface area contributed by atoms with Crippen LogP contribution in [0.15, 0.2) is 54.9 Å². The molecule has 0 saturated heterocycles. The van der Waals surface area contributed by atoms with Crippen molar-refractivity contribution < 1.29 is 19.0 Å². The number of rotatable bonds is 7. The maximum atomic E-state index is 12.4. The summed E-state index contributed by atoms with van der Waals surface area (Å²) in [4.78, 5) is 12.4. The Hall–Kier alpha value is -3.48. The lowest BCUT2D eigenvalue weighted by molar-refractivity contribution is 0.0951. The quantitative estimate of drug-likeness (QED) is 0.695. The maximum Gasteiger partial charge on any atom is 0.254 e. The first-order chi connectivity index (χ1) is 13.2. The number of carbonyl (C=O) groups is 1. The van der Waals surface area contributed by atoms with Gasteiger partial charge in [0, 0.05) is 12.7 Å². The largest absolute Gasteiger partial charge is 0.493 e. The second kappa shape index (κ2) is 8.27. The minimum Gasteiger partial charge on any atom is -0.493 e. The van der Waals surface area contributed by atoms with Gasteiger partial charge in [0.05, 0.1) is 38.8 Å². The molecule has 0 unspecified atom stereocenters. The normalized spacial score (nSPS) is 10.3. The zero-order valence-electron chi connectivity index (χ0n) is 15.4. The van der Waals surface area contributed by atoms with E-state index in [0.29, 0.717) is 29.4 Å². The van der Waals surface area contributed by atoms with Crippen molar-refractivity contribution in [1.82, 2.24) is 15.1 Å². The number of carbonyl (C=O) groups excluding carboxylic acids is 1. The number of amides is 1. The fourth-order valence-corrected chi connectivity index (χ4v) is 2.68.